The minimum Gasteiger partial charge on any atom is -0.381 e. The largest absolute Gasteiger partial charge is 0.381 e. The summed E-state index contributed by atoms with van der Waals surface area (Å²) in [6.45, 7) is 2.94. The number of benzene rings is 1. The van der Waals surface area contributed by atoms with E-state index in [0.29, 0.717) is 12.2 Å². The van der Waals surface area contributed by atoms with Crippen molar-refractivity contribution >= 4 is 0 Å². The van der Waals surface area contributed by atoms with E-state index in [1.165, 1.54) is 0 Å². The van der Waals surface area contributed by atoms with Gasteiger partial charge in [0, 0.05) is 13.7 Å². The zero-order chi connectivity index (χ0) is 13.7. The van der Waals surface area contributed by atoms with Crippen LogP contribution in [0, 0.1) is 0 Å². The van der Waals surface area contributed by atoms with Gasteiger partial charge in [0.1, 0.15) is 0 Å². The fourth-order valence-corrected chi connectivity index (χ4v) is 2.18. The lowest BCUT2D eigenvalue weighted by atomic mass is 9.91. The highest BCUT2D eigenvalue weighted by molar-refractivity contribution is 5.31. The van der Waals surface area contributed by atoms with Crippen molar-refractivity contribution in [3.05, 3.63) is 47.8 Å². The first kappa shape index (κ1) is 13.7. The van der Waals surface area contributed by atoms with Gasteiger partial charge >= 0.3 is 0 Å². The first-order valence-electron chi connectivity index (χ1n) is 6.38. The summed E-state index contributed by atoms with van der Waals surface area (Å²) < 4.78 is 6.93. The quantitative estimate of drug-likeness (QED) is 0.857. The molecular weight excluding hydrogens is 242 g/mol. The molecule has 19 heavy (non-hydrogen) atoms. The number of aryl methyl sites for hydroxylation is 1. The zero-order valence-electron chi connectivity index (χ0n) is 11.3. The summed E-state index contributed by atoms with van der Waals surface area (Å²) in [6.07, 6.45) is 2.52. The molecule has 0 bridgehead atoms. The van der Waals surface area contributed by atoms with Gasteiger partial charge in [-0.15, -0.1) is 5.10 Å². The Labute approximate surface area is 112 Å². The summed E-state index contributed by atoms with van der Waals surface area (Å²) in [6, 6.07) is 9.46. The number of ether oxygens (including phenoxy) is 1. The second-order valence-corrected chi connectivity index (χ2v) is 4.50. The van der Waals surface area contributed by atoms with Gasteiger partial charge in [0.25, 0.3) is 0 Å². The third-order valence-corrected chi connectivity index (χ3v) is 3.08. The molecule has 1 aromatic heterocycles. The third kappa shape index (κ3) is 2.67. The van der Waals surface area contributed by atoms with Gasteiger partial charge in [0.2, 0.25) is 0 Å². The molecule has 0 aliphatic carbocycles. The van der Waals surface area contributed by atoms with Gasteiger partial charge in [0.05, 0.1) is 18.5 Å². The number of methoxy groups -OCH3 is 1. The van der Waals surface area contributed by atoms with Crippen molar-refractivity contribution in [1.82, 2.24) is 15.0 Å². The lowest BCUT2D eigenvalue weighted by Crippen LogP contribution is -2.35. The molecular formula is C14H19N3O2. The minimum atomic E-state index is -1.23. The highest BCUT2D eigenvalue weighted by Gasteiger charge is 2.35. The molecule has 1 unspecified atom stereocenters. The number of aromatic nitrogens is 3. The van der Waals surface area contributed by atoms with Gasteiger partial charge in [-0.05, 0) is 12.0 Å². The molecule has 1 atom stereocenters. The number of rotatable bonds is 6. The summed E-state index contributed by atoms with van der Waals surface area (Å²) >= 11 is 0. The van der Waals surface area contributed by atoms with Crippen molar-refractivity contribution in [3.8, 4) is 0 Å². The Morgan fingerprint density at radius 1 is 1.32 bits per heavy atom. The Morgan fingerprint density at radius 2 is 2.05 bits per heavy atom. The van der Waals surface area contributed by atoms with E-state index >= 15 is 0 Å². The Kier molecular flexibility index (Phi) is 4.29. The van der Waals surface area contributed by atoms with Gasteiger partial charge in [-0.25, -0.2) is 4.68 Å². The lowest BCUT2D eigenvalue weighted by molar-refractivity contribution is -0.00966. The average molecular weight is 261 g/mol. The van der Waals surface area contributed by atoms with Gasteiger partial charge in [0.15, 0.2) is 5.60 Å². The van der Waals surface area contributed by atoms with Crippen molar-refractivity contribution < 1.29 is 9.84 Å². The van der Waals surface area contributed by atoms with Crippen LogP contribution in [-0.2, 0) is 16.9 Å². The van der Waals surface area contributed by atoms with Crippen LogP contribution in [0.25, 0.3) is 0 Å². The fourth-order valence-electron chi connectivity index (χ4n) is 2.18. The maximum atomic E-state index is 11.0. The Balaban J connectivity index is 2.47. The predicted molar refractivity (Wildman–Crippen MR) is 71.6 cm³/mol. The topological polar surface area (TPSA) is 60.2 Å². The van der Waals surface area contributed by atoms with E-state index < -0.39 is 5.60 Å². The van der Waals surface area contributed by atoms with Crippen molar-refractivity contribution in [2.75, 3.05) is 13.7 Å². The smallest absolute Gasteiger partial charge is 0.156 e. The maximum Gasteiger partial charge on any atom is 0.156 e. The Bertz CT molecular complexity index is 512. The van der Waals surface area contributed by atoms with Crippen LogP contribution in [0.3, 0.4) is 0 Å². The summed E-state index contributed by atoms with van der Waals surface area (Å²) in [7, 11) is 1.57. The molecule has 5 nitrogen and oxygen atoms in total. The number of aliphatic hydroxyl groups is 1. The van der Waals surface area contributed by atoms with E-state index in [9.17, 15) is 5.11 Å². The molecule has 0 radical (unpaired) electrons. The van der Waals surface area contributed by atoms with Crippen molar-refractivity contribution in [1.29, 1.82) is 0 Å². The van der Waals surface area contributed by atoms with Crippen LogP contribution in [0.5, 0.6) is 0 Å². The second-order valence-electron chi connectivity index (χ2n) is 4.50. The molecule has 5 heteroatoms. The molecule has 0 saturated carbocycles. The number of hydrogen-bond acceptors (Lipinski definition) is 4. The highest BCUT2D eigenvalue weighted by atomic mass is 16.5. The van der Waals surface area contributed by atoms with Crippen LogP contribution < -0.4 is 0 Å². The zero-order valence-corrected chi connectivity index (χ0v) is 11.3. The van der Waals surface area contributed by atoms with Crippen LogP contribution in [0.15, 0.2) is 36.5 Å². The van der Waals surface area contributed by atoms with E-state index in [4.69, 9.17) is 4.74 Å². The monoisotopic (exact) mass is 261 g/mol. The number of hydrogen-bond donors (Lipinski definition) is 1. The first-order valence-corrected chi connectivity index (χ1v) is 6.38. The minimum absolute atomic E-state index is 0.161. The predicted octanol–water partition coefficient (Wildman–Crippen LogP) is 1.57. The molecule has 0 amide bonds. The summed E-state index contributed by atoms with van der Waals surface area (Å²) in [5.41, 5.74) is 0.202. The van der Waals surface area contributed by atoms with Crippen LogP contribution >= 0.6 is 0 Å². The normalized spacial score (nSPS) is 14.3. The maximum absolute atomic E-state index is 11.0. The van der Waals surface area contributed by atoms with E-state index in [0.717, 1.165) is 12.0 Å². The molecule has 1 heterocycles. The standard InChI is InChI=1S/C14H19N3O2/c1-3-9-17-13(10-15-16-17)14(18,11-19-2)12-7-5-4-6-8-12/h4-8,10,18H,3,9,11H2,1-2H3. The van der Waals surface area contributed by atoms with E-state index in [1.54, 1.807) is 18.0 Å². The Hall–Kier alpha value is -1.72. The number of nitrogens with zero attached hydrogens (tertiary/aromatic N) is 3. The molecule has 1 N–H and O–H groups in total. The van der Waals surface area contributed by atoms with E-state index in [-0.39, 0.29) is 6.61 Å². The molecule has 102 valence electrons. The lowest BCUT2D eigenvalue weighted by Gasteiger charge is -2.28. The van der Waals surface area contributed by atoms with Gasteiger partial charge in [-0.3, -0.25) is 0 Å². The van der Waals surface area contributed by atoms with Crippen LogP contribution in [0.4, 0.5) is 0 Å². The molecule has 0 saturated heterocycles. The molecule has 0 fully saturated rings. The van der Waals surface area contributed by atoms with Gasteiger partial charge in [-0.1, -0.05) is 42.5 Å². The van der Waals surface area contributed by atoms with Crippen molar-refractivity contribution in [2.45, 2.75) is 25.5 Å². The van der Waals surface area contributed by atoms with Crippen molar-refractivity contribution in [2.24, 2.45) is 0 Å². The van der Waals surface area contributed by atoms with Crippen LogP contribution in [0.1, 0.15) is 24.6 Å². The SMILES string of the molecule is CCCn1nncc1C(O)(COC)c1ccccc1. The Morgan fingerprint density at radius 3 is 2.68 bits per heavy atom. The molecule has 1 aromatic carbocycles. The molecule has 2 rings (SSSR count). The van der Waals surface area contributed by atoms with E-state index in [1.807, 2.05) is 30.3 Å². The third-order valence-electron chi connectivity index (χ3n) is 3.08. The van der Waals surface area contributed by atoms with Crippen molar-refractivity contribution in [3.63, 3.8) is 0 Å². The van der Waals surface area contributed by atoms with E-state index in [2.05, 4.69) is 17.2 Å². The molecule has 0 aliphatic rings. The average Bonchev–Trinajstić information content (AvgIpc) is 2.89. The summed E-state index contributed by atoms with van der Waals surface area (Å²) in [5, 5.41) is 19.0. The van der Waals surface area contributed by atoms with Crippen LogP contribution in [-0.4, -0.2) is 33.8 Å². The highest BCUT2D eigenvalue weighted by Crippen LogP contribution is 2.29. The fraction of sp³-hybridized carbons (Fsp3) is 0.429. The summed E-state index contributed by atoms with van der Waals surface area (Å²) in [4.78, 5) is 0. The van der Waals surface area contributed by atoms with Crippen LogP contribution in [0.2, 0.25) is 0 Å². The van der Waals surface area contributed by atoms with Gasteiger partial charge < -0.3 is 9.84 Å². The molecule has 0 aliphatic heterocycles. The molecule has 0 spiro atoms. The van der Waals surface area contributed by atoms with Gasteiger partial charge in [-0.2, -0.15) is 0 Å². The first-order chi connectivity index (χ1) is 9.22. The molecule has 2 aromatic rings. The summed E-state index contributed by atoms with van der Waals surface area (Å²) in [5.74, 6) is 0. The second kappa shape index (κ2) is 5.95.